The van der Waals surface area contributed by atoms with Crippen LogP contribution < -0.4 is 5.73 Å². The molecule has 0 aliphatic heterocycles. The molecule has 0 amide bonds. The molecule has 0 atom stereocenters. The summed E-state index contributed by atoms with van der Waals surface area (Å²) in [6.07, 6.45) is 0.287. The van der Waals surface area contributed by atoms with Gasteiger partial charge in [-0.2, -0.15) is 0 Å². The molecule has 0 bridgehead atoms. The predicted molar refractivity (Wildman–Crippen MR) is 87.6 cm³/mol. The SMILES string of the molecule is COC(=O)Cc1ccccc1CSc1ccc(N)c(Cl)c1. The Morgan fingerprint density at radius 3 is 2.62 bits per heavy atom. The quantitative estimate of drug-likeness (QED) is 0.515. The Morgan fingerprint density at radius 2 is 1.95 bits per heavy atom. The first-order valence-electron chi connectivity index (χ1n) is 6.41. The molecule has 21 heavy (non-hydrogen) atoms. The Kier molecular flexibility index (Phi) is 5.53. The summed E-state index contributed by atoms with van der Waals surface area (Å²) in [4.78, 5) is 12.5. The Labute approximate surface area is 133 Å². The highest BCUT2D eigenvalue weighted by molar-refractivity contribution is 7.98. The minimum atomic E-state index is -0.233. The molecule has 0 unspecified atom stereocenters. The van der Waals surface area contributed by atoms with Crippen LogP contribution in [0.5, 0.6) is 0 Å². The number of hydrogen-bond donors (Lipinski definition) is 1. The van der Waals surface area contributed by atoms with Gasteiger partial charge in [-0.25, -0.2) is 0 Å². The molecule has 0 saturated heterocycles. The summed E-state index contributed by atoms with van der Waals surface area (Å²) >= 11 is 7.67. The number of benzene rings is 2. The fourth-order valence-electron chi connectivity index (χ4n) is 1.86. The molecule has 0 radical (unpaired) electrons. The first-order valence-corrected chi connectivity index (χ1v) is 7.78. The van der Waals surface area contributed by atoms with Crippen molar-refractivity contribution in [3.63, 3.8) is 0 Å². The Balaban J connectivity index is 2.09. The van der Waals surface area contributed by atoms with E-state index in [4.69, 9.17) is 22.1 Å². The smallest absolute Gasteiger partial charge is 0.309 e. The van der Waals surface area contributed by atoms with E-state index >= 15 is 0 Å². The lowest BCUT2D eigenvalue weighted by Gasteiger charge is -2.09. The fourth-order valence-corrected chi connectivity index (χ4v) is 3.07. The zero-order valence-electron chi connectivity index (χ0n) is 11.6. The fraction of sp³-hybridized carbons (Fsp3) is 0.188. The van der Waals surface area contributed by atoms with E-state index in [2.05, 4.69) is 0 Å². The van der Waals surface area contributed by atoms with Crippen molar-refractivity contribution in [1.82, 2.24) is 0 Å². The van der Waals surface area contributed by atoms with Crippen LogP contribution in [-0.2, 0) is 21.7 Å². The number of halogens is 1. The van der Waals surface area contributed by atoms with E-state index < -0.39 is 0 Å². The number of rotatable bonds is 5. The van der Waals surface area contributed by atoms with Crippen molar-refractivity contribution < 1.29 is 9.53 Å². The number of nitrogens with two attached hydrogens (primary N) is 1. The summed E-state index contributed by atoms with van der Waals surface area (Å²) in [5.74, 6) is 0.524. The van der Waals surface area contributed by atoms with Crippen LogP contribution in [0.3, 0.4) is 0 Å². The second-order valence-electron chi connectivity index (χ2n) is 4.49. The Bertz CT molecular complexity index is 646. The van der Waals surface area contributed by atoms with Crippen molar-refractivity contribution in [3.05, 3.63) is 58.6 Å². The molecule has 0 spiro atoms. The van der Waals surface area contributed by atoms with E-state index in [-0.39, 0.29) is 12.4 Å². The molecular weight excluding hydrogens is 306 g/mol. The average Bonchev–Trinajstić information content (AvgIpc) is 2.49. The van der Waals surface area contributed by atoms with Gasteiger partial charge in [0.1, 0.15) is 0 Å². The van der Waals surface area contributed by atoms with Gasteiger partial charge in [-0.1, -0.05) is 35.9 Å². The number of methoxy groups -OCH3 is 1. The van der Waals surface area contributed by atoms with E-state index in [9.17, 15) is 4.79 Å². The monoisotopic (exact) mass is 321 g/mol. The summed E-state index contributed by atoms with van der Waals surface area (Å²) in [7, 11) is 1.40. The molecule has 5 heteroatoms. The third-order valence-electron chi connectivity index (χ3n) is 3.05. The number of anilines is 1. The highest BCUT2D eigenvalue weighted by Gasteiger charge is 2.08. The minimum Gasteiger partial charge on any atom is -0.469 e. The zero-order valence-corrected chi connectivity index (χ0v) is 13.2. The molecule has 0 heterocycles. The molecule has 0 aliphatic carbocycles. The normalized spacial score (nSPS) is 10.4. The number of hydrogen-bond acceptors (Lipinski definition) is 4. The first-order chi connectivity index (χ1) is 10.1. The second-order valence-corrected chi connectivity index (χ2v) is 5.95. The van der Waals surface area contributed by atoms with Crippen LogP contribution in [0, 0.1) is 0 Å². The van der Waals surface area contributed by atoms with Crippen molar-refractivity contribution in [1.29, 1.82) is 0 Å². The summed E-state index contributed by atoms with van der Waals surface area (Å²) in [5.41, 5.74) is 8.37. The molecule has 0 aromatic heterocycles. The summed E-state index contributed by atoms with van der Waals surface area (Å²) in [5, 5.41) is 0.558. The number of thioether (sulfide) groups is 1. The van der Waals surface area contributed by atoms with Crippen molar-refractivity contribution in [3.8, 4) is 0 Å². The van der Waals surface area contributed by atoms with Crippen molar-refractivity contribution in [2.45, 2.75) is 17.1 Å². The van der Waals surface area contributed by atoms with E-state index in [0.29, 0.717) is 10.7 Å². The lowest BCUT2D eigenvalue weighted by atomic mass is 10.1. The van der Waals surface area contributed by atoms with Crippen molar-refractivity contribution in [2.24, 2.45) is 0 Å². The number of carbonyl (C=O) groups is 1. The van der Waals surface area contributed by atoms with Crippen LogP contribution in [0.1, 0.15) is 11.1 Å². The topological polar surface area (TPSA) is 52.3 Å². The second kappa shape index (κ2) is 7.38. The Hall–Kier alpha value is -1.65. The van der Waals surface area contributed by atoms with Gasteiger partial charge in [0, 0.05) is 10.6 Å². The van der Waals surface area contributed by atoms with Gasteiger partial charge in [0.25, 0.3) is 0 Å². The zero-order chi connectivity index (χ0) is 15.2. The first kappa shape index (κ1) is 15.7. The van der Waals surface area contributed by atoms with Crippen LogP contribution >= 0.6 is 23.4 Å². The maximum absolute atomic E-state index is 11.4. The van der Waals surface area contributed by atoms with Gasteiger partial charge >= 0.3 is 5.97 Å². The van der Waals surface area contributed by atoms with Crippen molar-refractivity contribution in [2.75, 3.05) is 12.8 Å². The van der Waals surface area contributed by atoms with Gasteiger partial charge in [0.05, 0.1) is 24.2 Å². The minimum absolute atomic E-state index is 0.233. The number of carbonyl (C=O) groups excluding carboxylic acids is 1. The van der Waals surface area contributed by atoms with E-state index in [1.165, 1.54) is 7.11 Å². The maximum atomic E-state index is 11.4. The lowest BCUT2D eigenvalue weighted by Crippen LogP contribution is -2.06. The molecule has 0 saturated carbocycles. The highest BCUT2D eigenvalue weighted by atomic mass is 35.5. The van der Waals surface area contributed by atoms with E-state index in [1.807, 2.05) is 36.4 Å². The molecular formula is C16H16ClNO2S. The summed E-state index contributed by atoms with van der Waals surface area (Å²) in [6, 6.07) is 13.4. The molecule has 0 aliphatic rings. The average molecular weight is 322 g/mol. The molecule has 2 aromatic carbocycles. The van der Waals surface area contributed by atoms with Crippen LogP contribution in [0.15, 0.2) is 47.4 Å². The third-order valence-corrected chi connectivity index (χ3v) is 4.42. The molecule has 3 nitrogen and oxygen atoms in total. The number of ether oxygens (including phenoxy) is 1. The number of esters is 1. The van der Waals surface area contributed by atoms with Gasteiger partial charge in [0.15, 0.2) is 0 Å². The van der Waals surface area contributed by atoms with Gasteiger partial charge in [0.2, 0.25) is 0 Å². The third kappa shape index (κ3) is 4.41. The van der Waals surface area contributed by atoms with Crippen molar-refractivity contribution >= 4 is 35.0 Å². The van der Waals surface area contributed by atoms with E-state index in [0.717, 1.165) is 21.8 Å². The highest BCUT2D eigenvalue weighted by Crippen LogP contribution is 2.29. The lowest BCUT2D eigenvalue weighted by molar-refractivity contribution is -0.139. The molecule has 0 fully saturated rings. The van der Waals surface area contributed by atoms with Gasteiger partial charge in [-0.3, -0.25) is 4.79 Å². The van der Waals surface area contributed by atoms with Crippen LogP contribution in [0.25, 0.3) is 0 Å². The van der Waals surface area contributed by atoms with E-state index in [1.54, 1.807) is 17.8 Å². The summed E-state index contributed by atoms with van der Waals surface area (Å²) < 4.78 is 4.72. The number of nitrogen functional groups attached to an aromatic ring is 1. The predicted octanol–water partition coefficient (Wildman–Crippen LogP) is 3.93. The molecule has 2 rings (SSSR count). The van der Waals surface area contributed by atoms with Crippen LogP contribution in [0.4, 0.5) is 5.69 Å². The molecule has 110 valence electrons. The summed E-state index contributed by atoms with van der Waals surface area (Å²) in [6.45, 7) is 0. The van der Waals surface area contributed by atoms with Gasteiger partial charge in [-0.15, -0.1) is 11.8 Å². The molecule has 2 N–H and O–H groups in total. The standard InChI is InChI=1S/C16H16ClNO2S/c1-20-16(19)8-11-4-2-3-5-12(11)10-21-13-6-7-15(18)14(17)9-13/h2-7,9H,8,10,18H2,1H3. The molecule has 2 aromatic rings. The van der Waals surface area contributed by atoms with Gasteiger partial charge in [-0.05, 0) is 29.3 Å². The largest absolute Gasteiger partial charge is 0.469 e. The Morgan fingerprint density at radius 1 is 1.24 bits per heavy atom. The van der Waals surface area contributed by atoms with Gasteiger partial charge < -0.3 is 10.5 Å². The van der Waals surface area contributed by atoms with Crippen LogP contribution in [0.2, 0.25) is 5.02 Å². The maximum Gasteiger partial charge on any atom is 0.309 e. The van der Waals surface area contributed by atoms with Crippen LogP contribution in [-0.4, -0.2) is 13.1 Å².